The van der Waals surface area contributed by atoms with E-state index in [4.69, 9.17) is 4.74 Å². The third-order valence-corrected chi connectivity index (χ3v) is 4.37. The number of hydrogen-bond donors (Lipinski definition) is 1. The van der Waals surface area contributed by atoms with Gasteiger partial charge in [-0.15, -0.1) is 0 Å². The fourth-order valence-electron chi connectivity index (χ4n) is 2.89. The van der Waals surface area contributed by atoms with Crippen LogP contribution in [-0.2, 0) is 22.6 Å². The molecule has 1 amide bonds. The number of carbonyl (C=O) groups excluding carboxylic acids is 2. The van der Waals surface area contributed by atoms with Crippen molar-refractivity contribution in [3.8, 4) is 0 Å². The van der Waals surface area contributed by atoms with Crippen LogP contribution in [-0.4, -0.2) is 52.2 Å². The van der Waals surface area contributed by atoms with Gasteiger partial charge < -0.3 is 15.0 Å². The third kappa shape index (κ3) is 5.44. The van der Waals surface area contributed by atoms with Crippen LogP contribution in [0.15, 0.2) is 48.7 Å². The number of hydrogen-bond acceptors (Lipinski definition) is 6. The second-order valence-corrected chi connectivity index (χ2v) is 6.99. The monoisotopic (exact) mass is 425 g/mol. The molecule has 0 aliphatic heterocycles. The van der Waals surface area contributed by atoms with Crippen LogP contribution in [0.1, 0.15) is 28.7 Å². The average Bonchev–Trinajstić information content (AvgIpc) is 3.10. The van der Waals surface area contributed by atoms with Gasteiger partial charge in [-0.3, -0.25) is 4.79 Å². The Labute approximate surface area is 179 Å². The number of amides is 1. The zero-order valence-electron chi connectivity index (χ0n) is 17.6. The number of pyridine rings is 1. The zero-order valence-corrected chi connectivity index (χ0v) is 17.6. The third-order valence-electron chi connectivity index (χ3n) is 4.37. The van der Waals surface area contributed by atoms with E-state index in [1.54, 1.807) is 48.4 Å². The molecular formula is C22H24FN5O3. The molecule has 9 heteroatoms. The van der Waals surface area contributed by atoms with E-state index < -0.39 is 5.97 Å². The van der Waals surface area contributed by atoms with Gasteiger partial charge >= 0.3 is 5.97 Å². The Morgan fingerprint density at radius 2 is 2.00 bits per heavy atom. The van der Waals surface area contributed by atoms with E-state index >= 15 is 0 Å². The van der Waals surface area contributed by atoms with Crippen molar-refractivity contribution in [2.75, 3.05) is 20.7 Å². The Balaban J connectivity index is 1.93. The standard InChI is InChI=1S/C22H24FN5O3/c1-4-31-22(30)20-17-10-9-16(13-24-19(29)11-12-27(2)3)25-21(17)28(26-20)14-15-7-5-6-8-18(15)23/h5-12H,4,13-14H2,1-3H3,(H,24,29)/b12-11+. The highest BCUT2D eigenvalue weighted by atomic mass is 19.1. The Hall–Kier alpha value is -3.75. The van der Waals surface area contributed by atoms with Crippen LogP contribution < -0.4 is 5.32 Å². The molecule has 0 aliphatic carbocycles. The average molecular weight is 425 g/mol. The van der Waals surface area contributed by atoms with Crippen LogP contribution in [0.3, 0.4) is 0 Å². The molecule has 0 unspecified atom stereocenters. The number of fused-ring (bicyclic) bond motifs is 1. The fourth-order valence-corrected chi connectivity index (χ4v) is 2.89. The Morgan fingerprint density at radius 1 is 1.23 bits per heavy atom. The Morgan fingerprint density at radius 3 is 2.71 bits per heavy atom. The molecule has 1 N–H and O–H groups in total. The molecule has 0 aliphatic rings. The minimum Gasteiger partial charge on any atom is -0.461 e. The van der Waals surface area contributed by atoms with Crippen molar-refractivity contribution in [1.29, 1.82) is 0 Å². The molecule has 2 aromatic heterocycles. The van der Waals surface area contributed by atoms with E-state index in [1.165, 1.54) is 16.8 Å². The van der Waals surface area contributed by atoms with Gasteiger partial charge in [0.15, 0.2) is 11.3 Å². The summed E-state index contributed by atoms with van der Waals surface area (Å²) in [6.07, 6.45) is 3.06. The lowest BCUT2D eigenvalue weighted by atomic mass is 10.2. The van der Waals surface area contributed by atoms with Crippen molar-refractivity contribution < 1.29 is 18.7 Å². The lowest BCUT2D eigenvalue weighted by Gasteiger charge is -2.07. The molecular weight excluding hydrogens is 401 g/mol. The number of nitrogens with one attached hydrogen (secondary N) is 1. The smallest absolute Gasteiger partial charge is 0.359 e. The van der Waals surface area contributed by atoms with E-state index in [0.717, 1.165) is 0 Å². The molecule has 3 aromatic rings. The second-order valence-electron chi connectivity index (χ2n) is 6.99. The van der Waals surface area contributed by atoms with Gasteiger partial charge in [-0.2, -0.15) is 5.10 Å². The fraction of sp³-hybridized carbons (Fsp3) is 0.273. The van der Waals surface area contributed by atoms with E-state index in [0.29, 0.717) is 22.3 Å². The predicted octanol–water partition coefficient (Wildman–Crippen LogP) is 2.49. The van der Waals surface area contributed by atoms with Gasteiger partial charge in [0, 0.05) is 31.9 Å². The van der Waals surface area contributed by atoms with Gasteiger partial charge in [0.1, 0.15) is 5.82 Å². The van der Waals surface area contributed by atoms with Gasteiger partial charge in [-0.1, -0.05) is 18.2 Å². The summed E-state index contributed by atoms with van der Waals surface area (Å²) in [4.78, 5) is 30.6. The van der Waals surface area contributed by atoms with Gasteiger partial charge in [-0.05, 0) is 25.1 Å². The van der Waals surface area contributed by atoms with Crippen LogP contribution in [0.25, 0.3) is 11.0 Å². The van der Waals surface area contributed by atoms with E-state index in [9.17, 15) is 14.0 Å². The quantitative estimate of drug-likeness (QED) is 0.441. The van der Waals surface area contributed by atoms with Crippen LogP contribution in [0, 0.1) is 5.82 Å². The van der Waals surface area contributed by atoms with Crippen LogP contribution in [0.2, 0.25) is 0 Å². The molecule has 0 saturated carbocycles. The maximum atomic E-state index is 14.2. The number of carbonyl (C=O) groups is 2. The highest BCUT2D eigenvalue weighted by molar-refractivity contribution is 6.01. The van der Waals surface area contributed by atoms with Crippen molar-refractivity contribution >= 4 is 22.9 Å². The van der Waals surface area contributed by atoms with Crippen molar-refractivity contribution in [2.24, 2.45) is 0 Å². The largest absolute Gasteiger partial charge is 0.461 e. The summed E-state index contributed by atoms with van der Waals surface area (Å²) in [6, 6.07) is 9.75. The number of benzene rings is 1. The summed E-state index contributed by atoms with van der Waals surface area (Å²) in [5.41, 5.74) is 1.51. The predicted molar refractivity (Wildman–Crippen MR) is 114 cm³/mol. The lowest BCUT2D eigenvalue weighted by Crippen LogP contribution is -2.21. The summed E-state index contributed by atoms with van der Waals surface area (Å²) in [7, 11) is 3.63. The summed E-state index contributed by atoms with van der Waals surface area (Å²) >= 11 is 0. The summed E-state index contributed by atoms with van der Waals surface area (Å²) in [5.74, 6) is -1.21. The molecule has 2 heterocycles. The molecule has 162 valence electrons. The second kappa shape index (κ2) is 9.84. The van der Waals surface area contributed by atoms with Crippen LogP contribution in [0.5, 0.6) is 0 Å². The highest BCUT2D eigenvalue weighted by Gasteiger charge is 2.20. The highest BCUT2D eigenvalue weighted by Crippen LogP contribution is 2.20. The molecule has 0 saturated heterocycles. The number of esters is 1. The minimum absolute atomic E-state index is 0.0942. The maximum absolute atomic E-state index is 14.2. The van der Waals surface area contributed by atoms with Crippen molar-refractivity contribution in [2.45, 2.75) is 20.0 Å². The van der Waals surface area contributed by atoms with Gasteiger partial charge in [0.05, 0.1) is 30.8 Å². The van der Waals surface area contributed by atoms with Gasteiger partial charge in [-0.25, -0.2) is 18.9 Å². The SMILES string of the molecule is CCOC(=O)c1nn(Cc2ccccc2F)c2nc(CNC(=O)/C=C/N(C)C)ccc12. The molecule has 3 rings (SSSR count). The zero-order chi connectivity index (χ0) is 22.4. The minimum atomic E-state index is -0.573. The summed E-state index contributed by atoms with van der Waals surface area (Å²) in [5, 5.41) is 7.59. The maximum Gasteiger partial charge on any atom is 0.359 e. The number of halogens is 1. The number of aromatic nitrogens is 3. The van der Waals surface area contributed by atoms with E-state index in [-0.39, 0.29) is 37.1 Å². The first-order chi connectivity index (χ1) is 14.9. The van der Waals surface area contributed by atoms with Crippen molar-refractivity contribution in [3.63, 3.8) is 0 Å². The Bertz CT molecular complexity index is 1120. The molecule has 0 radical (unpaired) electrons. The van der Waals surface area contributed by atoms with Crippen LogP contribution >= 0.6 is 0 Å². The first-order valence-electron chi connectivity index (χ1n) is 9.78. The first-order valence-corrected chi connectivity index (χ1v) is 9.78. The molecule has 0 atom stereocenters. The lowest BCUT2D eigenvalue weighted by molar-refractivity contribution is -0.116. The topological polar surface area (TPSA) is 89.3 Å². The normalized spacial score (nSPS) is 11.1. The number of rotatable bonds is 8. The molecule has 0 spiro atoms. The van der Waals surface area contributed by atoms with Crippen molar-refractivity contribution in [1.82, 2.24) is 25.0 Å². The number of nitrogens with zero attached hydrogens (tertiary/aromatic N) is 4. The number of ether oxygens (including phenoxy) is 1. The molecule has 1 aromatic carbocycles. The molecule has 31 heavy (non-hydrogen) atoms. The van der Waals surface area contributed by atoms with E-state index in [1.807, 2.05) is 14.1 Å². The van der Waals surface area contributed by atoms with Crippen LogP contribution in [0.4, 0.5) is 4.39 Å². The summed E-state index contributed by atoms with van der Waals surface area (Å²) in [6.45, 7) is 2.20. The summed E-state index contributed by atoms with van der Waals surface area (Å²) < 4.78 is 20.7. The molecule has 0 fully saturated rings. The van der Waals surface area contributed by atoms with Gasteiger partial charge in [0.25, 0.3) is 0 Å². The molecule has 0 bridgehead atoms. The van der Waals surface area contributed by atoms with Crippen molar-refractivity contribution in [3.05, 3.63) is 71.4 Å². The first kappa shape index (κ1) is 21.9. The van der Waals surface area contributed by atoms with Gasteiger partial charge in [0.2, 0.25) is 5.91 Å². The van der Waals surface area contributed by atoms with E-state index in [2.05, 4.69) is 15.4 Å². The molecule has 8 nitrogen and oxygen atoms in total. The Kier molecular flexibility index (Phi) is 6.96.